The van der Waals surface area contributed by atoms with Crippen molar-refractivity contribution in [1.82, 2.24) is 9.97 Å². The van der Waals surface area contributed by atoms with E-state index < -0.39 is 11.7 Å². The molecule has 0 aliphatic carbocycles. The van der Waals surface area contributed by atoms with Crippen LogP contribution in [-0.4, -0.2) is 15.9 Å². The second-order valence-electron chi connectivity index (χ2n) is 4.75. The molecule has 1 heterocycles. The molecule has 0 atom stereocenters. The lowest BCUT2D eigenvalue weighted by Gasteiger charge is -2.09. The first-order chi connectivity index (χ1) is 11.6. The van der Waals surface area contributed by atoms with Crippen molar-refractivity contribution in [3.05, 3.63) is 77.5 Å². The zero-order valence-corrected chi connectivity index (χ0v) is 13.0. The summed E-state index contributed by atoms with van der Waals surface area (Å²) in [4.78, 5) is 20.2. The van der Waals surface area contributed by atoms with E-state index in [1.165, 1.54) is 30.7 Å². The topological polar surface area (TPSA) is 64.1 Å². The highest BCUT2D eigenvalue weighted by molar-refractivity contribution is 6.33. The van der Waals surface area contributed by atoms with E-state index in [1.54, 1.807) is 24.3 Å². The number of carbonyl (C=O) groups is 1. The number of nitrogens with zero attached hydrogens (tertiary/aromatic N) is 2. The first kappa shape index (κ1) is 15.9. The van der Waals surface area contributed by atoms with Crippen LogP contribution < -0.4 is 10.1 Å². The normalized spacial score (nSPS) is 10.2. The Morgan fingerprint density at radius 2 is 2.04 bits per heavy atom. The summed E-state index contributed by atoms with van der Waals surface area (Å²) in [5, 5.41) is 2.74. The van der Waals surface area contributed by atoms with Crippen molar-refractivity contribution in [3.8, 4) is 11.6 Å². The molecule has 0 unspecified atom stereocenters. The second kappa shape index (κ2) is 7.06. The number of anilines is 1. The molecule has 0 saturated heterocycles. The Hall–Kier alpha value is -2.99. The molecule has 0 fully saturated rings. The van der Waals surface area contributed by atoms with E-state index in [0.29, 0.717) is 22.9 Å². The van der Waals surface area contributed by atoms with Gasteiger partial charge < -0.3 is 10.1 Å². The molecular weight excluding hydrogens is 333 g/mol. The lowest BCUT2D eigenvalue weighted by molar-refractivity contribution is 0.102. The SMILES string of the molecule is O=C(Nc1ccc(F)cc1Cl)c1cccc(Oc2cnccn2)c1. The molecule has 3 rings (SSSR count). The van der Waals surface area contributed by atoms with E-state index in [1.807, 2.05) is 0 Å². The van der Waals surface area contributed by atoms with E-state index in [0.717, 1.165) is 6.07 Å². The largest absolute Gasteiger partial charge is 0.437 e. The Kier molecular flexibility index (Phi) is 4.67. The Labute approximate surface area is 142 Å². The van der Waals surface area contributed by atoms with Gasteiger partial charge in [-0.15, -0.1) is 0 Å². The van der Waals surface area contributed by atoms with E-state index in [-0.39, 0.29) is 5.02 Å². The molecule has 3 aromatic rings. The summed E-state index contributed by atoms with van der Waals surface area (Å²) in [6, 6.07) is 10.3. The molecule has 5 nitrogen and oxygen atoms in total. The van der Waals surface area contributed by atoms with Crippen molar-refractivity contribution in [2.24, 2.45) is 0 Å². The van der Waals surface area contributed by atoms with Crippen molar-refractivity contribution >= 4 is 23.2 Å². The fourth-order valence-corrected chi connectivity index (χ4v) is 2.16. The molecule has 0 spiro atoms. The minimum Gasteiger partial charge on any atom is -0.437 e. The number of nitrogens with one attached hydrogen (secondary N) is 1. The average molecular weight is 344 g/mol. The summed E-state index contributed by atoms with van der Waals surface area (Å²) in [5.41, 5.74) is 0.681. The summed E-state index contributed by atoms with van der Waals surface area (Å²) in [6.45, 7) is 0. The van der Waals surface area contributed by atoms with Crippen LogP contribution in [-0.2, 0) is 0 Å². The van der Waals surface area contributed by atoms with Crippen LogP contribution in [0.4, 0.5) is 10.1 Å². The Morgan fingerprint density at radius 1 is 1.17 bits per heavy atom. The fraction of sp³-hybridized carbons (Fsp3) is 0. The molecule has 0 aliphatic rings. The smallest absolute Gasteiger partial charge is 0.255 e. The van der Waals surface area contributed by atoms with Crippen LogP contribution in [0.1, 0.15) is 10.4 Å². The third-order valence-electron chi connectivity index (χ3n) is 3.04. The van der Waals surface area contributed by atoms with Crippen molar-refractivity contribution in [2.75, 3.05) is 5.32 Å². The van der Waals surface area contributed by atoms with Gasteiger partial charge in [0.2, 0.25) is 5.88 Å². The molecule has 2 aromatic carbocycles. The van der Waals surface area contributed by atoms with E-state index in [4.69, 9.17) is 16.3 Å². The quantitative estimate of drug-likeness (QED) is 0.766. The summed E-state index contributed by atoms with van der Waals surface area (Å²) >= 11 is 5.91. The van der Waals surface area contributed by atoms with Crippen molar-refractivity contribution in [1.29, 1.82) is 0 Å². The molecular formula is C17H11ClFN3O2. The molecule has 24 heavy (non-hydrogen) atoms. The number of rotatable bonds is 4. The predicted octanol–water partition coefficient (Wildman–Crippen LogP) is 4.31. The minimum absolute atomic E-state index is 0.121. The van der Waals surface area contributed by atoms with Crippen molar-refractivity contribution < 1.29 is 13.9 Å². The molecule has 0 saturated carbocycles. The van der Waals surface area contributed by atoms with Gasteiger partial charge in [-0.2, -0.15) is 0 Å². The number of hydrogen-bond acceptors (Lipinski definition) is 4. The molecule has 1 amide bonds. The number of carbonyl (C=O) groups excluding carboxylic acids is 1. The van der Waals surface area contributed by atoms with E-state index in [2.05, 4.69) is 15.3 Å². The van der Waals surface area contributed by atoms with E-state index in [9.17, 15) is 9.18 Å². The van der Waals surface area contributed by atoms with Gasteiger partial charge in [-0.25, -0.2) is 9.37 Å². The number of aromatic nitrogens is 2. The first-order valence-corrected chi connectivity index (χ1v) is 7.30. The molecule has 7 heteroatoms. The zero-order valence-electron chi connectivity index (χ0n) is 12.2. The maximum atomic E-state index is 13.0. The van der Waals surface area contributed by atoms with Gasteiger partial charge >= 0.3 is 0 Å². The third-order valence-corrected chi connectivity index (χ3v) is 3.35. The van der Waals surface area contributed by atoms with Crippen LogP contribution in [0.25, 0.3) is 0 Å². The van der Waals surface area contributed by atoms with Gasteiger partial charge in [-0.05, 0) is 36.4 Å². The highest BCUT2D eigenvalue weighted by Crippen LogP contribution is 2.24. The highest BCUT2D eigenvalue weighted by Gasteiger charge is 2.10. The molecule has 0 radical (unpaired) electrons. The third kappa shape index (κ3) is 3.85. The minimum atomic E-state index is -0.475. The Bertz CT molecular complexity index is 875. The number of halogens is 2. The van der Waals surface area contributed by atoms with Gasteiger partial charge in [0, 0.05) is 18.0 Å². The van der Waals surface area contributed by atoms with Gasteiger partial charge in [0.05, 0.1) is 16.9 Å². The predicted molar refractivity (Wildman–Crippen MR) is 87.9 cm³/mol. The molecule has 1 N–H and O–H groups in total. The fourth-order valence-electron chi connectivity index (χ4n) is 1.95. The average Bonchev–Trinajstić information content (AvgIpc) is 2.58. The Morgan fingerprint density at radius 3 is 2.79 bits per heavy atom. The van der Waals surface area contributed by atoms with Crippen molar-refractivity contribution in [3.63, 3.8) is 0 Å². The lowest BCUT2D eigenvalue weighted by atomic mass is 10.2. The van der Waals surface area contributed by atoms with Gasteiger partial charge in [-0.3, -0.25) is 9.78 Å². The maximum absolute atomic E-state index is 13.0. The zero-order chi connectivity index (χ0) is 16.9. The van der Waals surface area contributed by atoms with Gasteiger partial charge in [0.25, 0.3) is 5.91 Å². The first-order valence-electron chi connectivity index (χ1n) is 6.92. The van der Waals surface area contributed by atoms with Crippen LogP contribution in [0.5, 0.6) is 11.6 Å². The number of amides is 1. The summed E-state index contributed by atoms with van der Waals surface area (Å²) in [7, 11) is 0. The molecule has 1 aromatic heterocycles. The Balaban J connectivity index is 1.77. The molecule has 120 valence electrons. The van der Waals surface area contributed by atoms with Crippen LogP contribution in [0.3, 0.4) is 0 Å². The molecule has 0 aliphatic heterocycles. The lowest BCUT2D eigenvalue weighted by Crippen LogP contribution is -2.12. The van der Waals surface area contributed by atoms with E-state index >= 15 is 0 Å². The van der Waals surface area contributed by atoms with Crippen molar-refractivity contribution in [2.45, 2.75) is 0 Å². The van der Waals surface area contributed by atoms with Crippen LogP contribution in [0.15, 0.2) is 61.1 Å². The second-order valence-corrected chi connectivity index (χ2v) is 5.16. The monoisotopic (exact) mass is 343 g/mol. The van der Waals surface area contributed by atoms with Gasteiger partial charge in [0.1, 0.15) is 11.6 Å². The van der Waals surface area contributed by atoms with Crippen LogP contribution in [0, 0.1) is 5.82 Å². The molecule has 0 bridgehead atoms. The number of hydrogen-bond donors (Lipinski definition) is 1. The van der Waals surface area contributed by atoms with Crippen LogP contribution >= 0.6 is 11.6 Å². The summed E-state index contributed by atoms with van der Waals surface area (Å²) in [5.74, 6) is -0.115. The van der Waals surface area contributed by atoms with Crippen LogP contribution in [0.2, 0.25) is 5.02 Å². The number of benzene rings is 2. The highest BCUT2D eigenvalue weighted by atomic mass is 35.5. The van der Waals surface area contributed by atoms with Gasteiger partial charge in [0.15, 0.2) is 0 Å². The summed E-state index contributed by atoms with van der Waals surface area (Å²) in [6.07, 6.45) is 4.50. The maximum Gasteiger partial charge on any atom is 0.255 e. The van der Waals surface area contributed by atoms with Gasteiger partial charge in [-0.1, -0.05) is 17.7 Å². The number of ether oxygens (including phenoxy) is 1. The summed E-state index contributed by atoms with van der Waals surface area (Å²) < 4.78 is 18.6. The standard InChI is InChI=1S/C17H11ClFN3O2/c18-14-9-12(19)4-5-15(14)22-17(23)11-2-1-3-13(8-11)24-16-10-20-6-7-21-16/h1-10H,(H,22,23).